The van der Waals surface area contributed by atoms with Crippen molar-refractivity contribution in [2.75, 3.05) is 19.6 Å². The first-order chi connectivity index (χ1) is 6.90. The van der Waals surface area contributed by atoms with Gasteiger partial charge in [-0.15, -0.1) is 0 Å². The molecule has 2 rings (SSSR count). The molecule has 1 atom stereocenters. The maximum atomic E-state index is 5.56. The Morgan fingerprint density at radius 3 is 2.79 bits per heavy atom. The van der Waals surface area contributed by atoms with Crippen LogP contribution >= 0.6 is 11.6 Å². The monoisotopic (exact) mass is 214 g/mol. The topological polar surface area (TPSA) is 15.3 Å². The van der Waals surface area contributed by atoms with Gasteiger partial charge >= 0.3 is 0 Å². The van der Waals surface area contributed by atoms with Crippen LogP contribution in [0.5, 0.6) is 0 Å². The van der Waals surface area contributed by atoms with Crippen LogP contribution in [0.2, 0.25) is 0 Å². The normalized spacial score (nSPS) is 28.0. The number of nitrogens with zero attached hydrogens (tertiary/aromatic N) is 1. The molecule has 14 heavy (non-hydrogen) atoms. The largest absolute Gasteiger partial charge is 0.313 e. The molecule has 3 heteroatoms. The number of rotatable bonds is 5. The molecule has 1 heterocycles. The van der Waals surface area contributed by atoms with E-state index < -0.39 is 0 Å². The second kappa shape index (κ2) is 5.15. The van der Waals surface area contributed by atoms with Crippen molar-refractivity contribution in [3.8, 4) is 0 Å². The molecule has 1 saturated carbocycles. The van der Waals surface area contributed by atoms with E-state index in [9.17, 15) is 0 Å². The first kappa shape index (κ1) is 10.5. The van der Waals surface area contributed by atoms with Gasteiger partial charge in [-0.1, -0.05) is 17.7 Å². The third kappa shape index (κ3) is 2.97. The summed E-state index contributed by atoms with van der Waals surface area (Å²) in [5.74, 6) is 0. The van der Waals surface area contributed by atoms with Crippen LogP contribution in [0.4, 0.5) is 0 Å². The Labute approximate surface area is 91.3 Å². The summed E-state index contributed by atoms with van der Waals surface area (Å²) in [6.07, 6.45) is 7.49. The van der Waals surface area contributed by atoms with Crippen molar-refractivity contribution in [2.45, 2.75) is 37.8 Å². The summed E-state index contributed by atoms with van der Waals surface area (Å²) >= 11 is 5.56. The van der Waals surface area contributed by atoms with E-state index >= 15 is 0 Å². The van der Waals surface area contributed by atoms with Gasteiger partial charge in [0.15, 0.2) is 0 Å². The molecule has 80 valence electrons. The standard InChI is InChI=1S/C11H19ClN2/c12-6-2-8-14(11-4-5-11)9-10-3-1-7-13-10/h2,6,10-11,13H,1,3-5,7-9H2/b6-2+. The van der Waals surface area contributed by atoms with Crippen LogP contribution in [0.1, 0.15) is 25.7 Å². The summed E-state index contributed by atoms with van der Waals surface area (Å²) in [5.41, 5.74) is 1.64. The van der Waals surface area contributed by atoms with Crippen LogP contribution in [0, 0.1) is 0 Å². The van der Waals surface area contributed by atoms with Crippen molar-refractivity contribution in [3.63, 3.8) is 0 Å². The Bertz CT molecular complexity index is 195. The fraction of sp³-hybridized carbons (Fsp3) is 0.818. The average Bonchev–Trinajstić information content (AvgIpc) is 2.92. The molecule has 1 aliphatic heterocycles. The predicted molar refractivity (Wildman–Crippen MR) is 60.6 cm³/mol. The quantitative estimate of drug-likeness (QED) is 0.753. The SMILES string of the molecule is Cl/C=C/CN(CC1CCCN1)C1CC1. The molecule has 1 unspecified atom stereocenters. The molecule has 1 saturated heterocycles. The van der Waals surface area contributed by atoms with Crippen LogP contribution in [0.25, 0.3) is 0 Å². The van der Waals surface area contributed by atoms with Gasteiger partial charge in [0.25, 0.3) is 0 Å². The fourth-order valence-corrected chi connectivity index (χ4v) is 2.26. The molecular weight excluding hydrogens is 196 g/mol. The van der Waals surface area contributed by atoms with Crippen molar-refractivity contribution >= 4 is 11.6 Å². The fourth-order valence-electron chi connectivity index (χ4n) is 2.18. The van der Waals surface area contributed by atoms with Crippen LogP contribution in [-0.4, -0.2) is 36.6 Å². The molecule has 2 fully saturated rings. The molecule has 1 N–H and O–H groups in total. The Hall–Kier alpha value is -0.0500. The summed E-state index contributed by atoms with van der Waals surface area (Å²) < 4.78 is 0. The molecular formula is C11H19ClN2. The van der Waals surface area contributed by atoms with Gasteiger partial charge in [0.1, 0.15) is 0 Å². The maximum Gasteiger partial charge on any atom is 0.0195 e. The van der Waals surface area contributed by atoms with E-state index in [1.807, 2.05) is 0 Å². The highest BCUT2D eigenvalue weighted by Crippen LogP contribution is 2.27. The first-order valence-corrected chi connectivity index (χ1v) is 6.06. The number of hydrogen-bond acceptors (Lipinski definition) is 2. The lowest BCUT2D eigenvalue weighted by Crippen LogP contribution is -2.38. The van der Waals surface area contributed by atoms with Gasteiger partial charge in [-0.2, -0.15) is 0 Å². The minimum absolute atomic E-state index is 0.722. The van der Waals surface area contributed by atoms with E-state index in [2.05, 4.69) is 16.3 Å². The van der Waals surface area contributed by atoms with Crippen molar-refractivity contribution in [1.29, 1.82) is 0 Å². The summed E-state index contributed by atoms with van der Waals surface area (Å²) in [7, 11) is 0. The van der Waals surface area contributed by atoms with Crippen molar-refractivity contribution in [1.82, 2.24) is 10.2 Å². The van der Waals surface area contributed by atoms with Crippen molar-refractivity contribution in [3.05, 3.63) is 11.6 Å². The van der Waals surface area contributed by atoms with Gasteiger partial charge in [-0.25, -0.2) is 0 Å². The maximum absolute atomic E-state index is 5.56. The minimum Gasteiger partial charge on any atom is -0.313 e. The van der Waals surface area contributed by atoms with E-state index in [4.69, 9.17) is 11.6 Å². The second-order valence-corrected chi connectivity index (χ2v) is 4.59. The molecule has 2 aliphatic rings. The van der Waals surface area contributed by atoms with E-state index in [0.717, 1.165) is 18.6 Å². The zero-order valence-corrected chi connectivity index (χ0v) is 9.34. The molecule has 2 nitrogen and oxygen atoms in total. The van der Waals surface area contributed by atoms with E-state index in [-0.39, 0.29) is 0 Å². The van der Waals surface area contributed by atoms with Crippen LogP contribution in [0.3, 0.4) is 0 Å². The van der Waals surface area contributed by atoms with Crippen LogP contribution in [0.15, 0.2) is 11.6 Å². The molecule has 0 aromatic heterocycles. The van der Waals surface area contributed by atoms with E-state index in [1.165, 1.54) is 38.8 Å². The zero-order chi connectivity index (χ0) is 9.80. The lowest BCUT2D eigenvalue weighted by atomic mass is 10.2. The van der Waals surface area contributed by atoms with E-state index in [0.29, 0.717) is 0 Å². The third-order valence-electron chi connectivity index (χ3n) is 3.11. The molecule has 0 radical (unpaired) electrons. The van der Waals surface area contributed by atoms with Gasteiger partial charge < -0.3 is 5.32 Å². The van der Waals surface area contributed by atoms with Crippen molar-refractivity contribution in [2.24, 2.45) is 0 Å². The van der Waals surface area contributed by atoms with E-state index in [1.54, 1.807) is 5.54 Å². The van der Waals surface area contributed by atoms with Crippen LogP contribution < -0.4 is 5.32 Å². The molecule has 0 amide bonds. The summed E-state index contributed by atoms with van der Waals surface area (Å²) in [6, 6.07) is 1.56. The molecule has 0 spiro atoms. The molecule has 0 aromatic carbocycles. The second-order valence-electron chi connectivity index (χ2n) is 4.34. The number of halogens is 1. The molecule has 1 aliphatic carbocycles. The van der Waals surface area contributed by atoms with Gasteiger partial charge in [-0.05, 0) is 32.2 Å². The minimum atomic E-state index is 0.722. The smallest absolute Gasteiger partial charge is 0.0195 e. The number of nitrogens with one attached hydrogen (secondary N) is 1. The highest BCUT2D eigenvalue weighted by molar-refractivity contribution is 6.25. The Morgan fingerprint density at radius 2 is 2.21 bits per heavy atom. The first-order valence-electron chi connectivity index (χ1n) is 5.63. The molecule has 0 aromatic rings. The molecule has 0 bridgehead atoms. The Morgan fingerprint density at radius 1 is 1.36 bits per heavy atom. The summed E-state index contributed by atoms with van der Waals surface area (Å²) in [4.78, 5) is 2.56. The zero-order valence-electron chi connectivity index (χ0n) is 8.58. The highest BCUT2D eigenvalue weighted by Gasteiger charge is 2.30. The Balaban J connectivity index is 1.77. The van der Waals surface area contributed by atoms with Gasteiger partial charge in [0.2, 0.25) is 0 Å². The third-order valence-corrected chi connectivity index (χ3v) is 3.29. The van der Waals surface area contributed by atoms with Gasteiger partial charge in [0, 0.05) is 30.7 Å². The predicted octanol–water partition coefficient (Wildman–Crippen LogP) is 1.96. The lowest BCUT2D eigenvalue weighted by molar-refractivity contribution is 0.264. The highest BCUT2D eigenvalue weighted by atomic mass is 35.5. The van der Waals surface area contributed by atoms with Gasteiger partial charge in [0.05, 0.1) is 0 Å². The van der Waals surface area contributed by atoms with Crippen molar-refractivity contribution < 1.29 is 0 Å². The van der Waals surface area contributed by atoms with Gasteiger partial charge in [-0.3, -0.25) is 4.90 Å². The summed E-state index contributed by atoms with van der Waals surface area (Å²) in [5, 5.41) is 3.55. The average molecular weight is 215 g/mol. The number of hydrogen-bond donors (Lipinski definition) is 1. The van der Waals surface area contributed by atoms with Crippen LogP contribution in [-0.2, 0) is 0 Å². The lowest BCUT2D eigenvalue weighted by Gasteiger charge is -2.23. The summed E-state index contributed by atoms with van der Waals surface area (Å²) in [6.45, 7) is 3.42. The Kier molecular flexibility index (Phi) is 3.85.